The summed E-state index contributed by atoms with van der Waals surface area (Å²) in [5, 5.41) is 7.72. The highest BCUT2D eigenvalue weighted by molar-refractivity contribution is 7.26. The molecule has 2 unspecified atom stereocenters. The second kappa shape index (κ2) is 12.2. The molecule has 2 atom stereocenters. The van der Waals surface area contributed by atoms with E-state index >= 15 is 0 Å². The molecule has 0 aliphatic heterocycles. The topological polar surface area (TPSA) is 3.24 Å². The van der Waals surface area contributed by atoms with Gasteiger partial charge in [-0.1, -0.05) is 159 Å². The fourth-order valence-corrected chi connectivity index (χ4v) is 10.8. The van der Waals surface area contributed by atoms with Gasteiger partial charge in [-0.2, -0.15) is 0 Å². The van der Waals surface area contributed by atoms with Crippen molar-refractivity contribution in [3.05, 3.63) is 205 Å². The van der Waals surface area contributed by atoms with E-state index in [-0.39, 0.29) is 5.41 Å². The lowest BCUT2D eigenvalue weighted by Crippen LogP contribution is -2.29. The maximum Gasteiger partial charge on any atom is 0.0640 e. The van der Waals surface area contributed by atoms with Crippen LogP contribution in [0.25, 0.3) is 58.4 Å². The largest absolute Gasteiger partial charge is 0.309 e. The Bertz CT molecular complexity index is 3000. The van der Waals surface area contributed by atoms with Gasteiger partial charge < -0.3 is 4.90 Å². The smallest absolute Gasteiger partial charge is 0.0640 e. The molecule has 2 heteroatoms. The summed E-state index contributed by atoms with van der Waals surface area (Å²) < 4.78 is 2.61. The Morgan fingerprint density at radius 3 is 2.24 bits per heavy atom. The van der Waals surface area contributed by atoms with E-state index in [0.717, 1.165) is 17.8 Å². The summed E-state index contributed by atoms with van der Waals surface area (Å²) in [4.78, 5) is 2.48. The molecule has 54 heavy (non-hydrogen) atoms. The molecular weight excluding hydrogens is 671 g/mol. The van der Waals surface area contributed by atoms with Crippen molar-refractivity contribution in [3.63, 3.8) is 0 Å². The quantitative estimate of drug-likeness (QED) is 0.161. The fourth-order valence-electron chi connectivity index (χ4n) is 9.58. The van der Waals surface area contributed by atoms with Crippen LogP contribution in [0.4, 0.5) is 17.1 Å². The molecule has 0 fully saturated rings. The highest BCUT2D eigenvalue weighted by atomic mass is 32.1. The standard InChI is InChI=1S/C52H37NS/c1-52(47-23-7-4-17-43(47)44-18-5-8-24-48(44)52)36-28-30-37(31-29-36)53(49-25-12-22-46-45-19-6-9-26-50(45)54-51(46)49)38-15-10-14-35(33-38)40-20-11-21-41-39-16-3-2-13-34(39)27-32-42(40)41/h2-23,25-33,48H,24H2,1H3. The average Bonchev–Trinajstić information content (AvgIpc) is 3.75. The molecule has 2 aliphatic carbocycles. The van der Waals surface area contributed by atoms with Crippen LogP contribution in [-0.4, -0.2) is 0 Å². The number of hydrogen-bond acceptors (Lipinski definition) is 2. The fraction of sp³-hybridized carbons (Fsp3) is 0.0769. The molecular formula is C52H37NS. The SMILES string of the molecule is CC1(c2ccc(N(c3cccc(-c4cccc5c4ccc4ccccc45)c3)c3cccc4c3sc3ccccc34)cc2)c2ccccc2C2=CC=CCC21. The van der Waals surface area contributed by atoms with Crippen LogP contribution >= 0.6 is 11.3 Å². The normalized spacial score (nSPS) is 17.6. The van der Waals surface area contributed by atoms with Crippen LogP contribution in [0.5, 0.6) is 0 Å². The van der Waals surface area contributed by atoms with Gasteiger partial charge in [0.1, 0.15) is 0 Å². The number of hydrogen-bond donors (Lipinski definition) is 0. The Kier molecular flexibility index (Phi) is 7.05. The Hall–Kier alpha value is -6.22. The second-order valence-corrected chi connectivity index (χ2v) is 16.0. The minimum Gasteiger partial charge on any atom is -0.309 e. The van der Waals surface area contributed by atoms with Crippen molar-refractivity contribution in [2.45, 2.75) is 18.8 Å². The first kappa shape index (κ1) is 31.3. The minimum atomic E-state index is -0.111. The van der Waals surface area contributed by atoms with Crippen LogP contribution in [0.1, 0.15) is 30.0 Å². The monoisotopic (exact) mass is 707 g/mol. The van der Waals surface area contributed by atoms with Crippen LogP contribution in [0.2, 0.25) is 0 Å². The molecule has 0 N–H and O–H groups in total. The molecule has 1 heterocycles. The lowest BCUT2D eigenvalue weighted by atomic mass is 9.68. The lowest BCUT2D eigenvalue weighted by molar-refractivity contribution is 0.450. The van der Waals surface area contributed by atoms with E-state index in [9.17, 15) is 0 Å². The van der Waals surface area contributed by atoms with E-state index in [1.165, 1.54) is 80.8 Å². The zero-order chi connectivity index (χ0) is 35.8. The molecule has 256 valence electrons. The highest BCUT2D eigenvalue weighted by Gasteiger charge is 2.46. The van der Waals surface area contributed by atoms with Gasteiger partial charge >= 0.3 is 0 Å². The Labute approximate surface area is 319 Å². The zero-order valence-electron chi connectivity index (χ0n) is 30.0. The summed E-state index contributed by atoms with van der Waals surface area (Å²) in [7, 11) is 0. The first-order chi connectivity index (χ1) is 26.7. The highest BCUT2D eigenvalue weighted by Crippen LogP contribution is 2.56. The van der Waals surface area contributed by atoms with Gasteiger partial charge in [0.25, 0.3) is 0 Å². The first-order valence-corrected chi connectivity index (χ1v) is 19.8. The van der Waals surface area contributed by atoms with Gasteiger partial charge in [-0.05, 0) is 97.8 Å². The number of fused-ring (bicyclic) bond motifs is 9. The molecule has 0 radical (unpaired) electrons. The Balaban J connectivity index is 1.09. The zero-order valence-corrected chi connectivity index (χ0v) is 30.9. The van der Waals surface area contributed by atoms with Crippen LogP contribution in [0.3, 0.4) is 0 Å². The lowest BCUT2D eigenvalue weighted by Gasteiger charge is -2.35. The minimum absolute atomic E-state index is 0.111. The van der Waals surface area contributed by atoms with Crippen molar-refractivity contribution in [2.24, 2.45) is 5.92 Å². The average molecular weight is 708 g/mol. The van der Waals surface area contributed by atoms with E-state index in [1.54, 1.807) is 0 Å². The van der Waals surface area contributed by atoms with Gasteiger partial charge in [0.05, 0.1) is 10.4 Å². The van der Waals surface area contributed by atoms with Gasteiger partial charge in [0.2, 0.25) is 0 Å². The van der Waals surface area contributed by atoms with Crippen LogP contribution in [0, 0.1) is 5.92 Å². The summed E-state index contributed by atoms with van der Waals surface area (Å²) in [6.07, 6.45) is 7.96. The molecule has 9 aromatic rings. The summed E-state index contributed by atoms with van der Waals surface area (Å²) in [6.45, 7) is 2.46. The first-order valence-electron chi connectivity index (χ1n) is 19.0. The van der Waals surface area contributed by atoms with E-state index in [2.05, 4.69) is 200 Å². The van der Waals surface area contributed by atoms with Gasteiger partial charge in [0, 0.05) is 38.2 Å². The van der Waals surface area contributed by atoms with Crippen LogP contribution in [0.15, 0.2) is 188 Å². The van der Waals surface area contributed by atoms with Gasteiger partial charge in [0.15, 0.2) is 0 Å². The molecule has 1 nitrogen and oxygen atoms in total. The number of thiophene rings is 1. The number of allylic oxidation sites excluding steroid dienone is 4. The van der Waals surface area contributed by atoms with Crippen LogP contribution in [-0.2, 0) is 5.41 Å². The third kappa shape index (κ3) is 4.63. The Morgan fingerprint density at radius 2 is 1.31 bits per heavy atom. The van der Waals surface area contributed by atoms with Gasteiger partial charge in [-0.15, -0.1) is 11.3 Å². The summed E-state index contributed by atoms with van der Waals surface area (Å²) in [5.41, 5.74) is 11.5. The Morgan fingerprint density at radius 1 is 0.574 bits per heavy atom. The van der Waals surface area contributed by atoms with Crippen LogP contribution < -0.4 is 4.90 Å². The summed E-state index contributed by atoms with van der Waals surface area (Å²) >= 11 is 1.88. The predicted octanol–water partition coefficient (Wildman–Crippen LogP) is 14.8. The van der Waals surface area contributed by atoms with Crippen molar-refractivity contribution < 1.29 is 0 Å². The summed E-state index contributed by atoms with van der Waals surface area (Å²) in [5.74, 6) is 0.420. The van der Waals surface area contributed by atoms with E-state index in [4.69, 9.17) is 0 Å². The van der Waals surface area contributed by atoms with Crippen molar-refractivity contribution in [3.8, 4) is 11.1 Å². The number of anilines is 3. The van der Waals surface area contributed by atoms with E-state index in [1.807, 2.05) is 11.3 Å². The molecule has 1 aromatic heterocycles. The molecule has 0 bridgehead atoms. The maximum atomic E-state index is 2.48. The second-order valence-electron chi connectivity index (χ2n) is 15.0. The van der Waals surface area contributed by atoms with E-state index in [0.29, 0.717) is 5.92 Å². The van der Waals surface area contributed by atoms with Crippen molar-refractivity contribution >= 4 is 75.7 Å². The molecule has 0 saturated heterocycles. The third-order valence-electron chi connectivity index (χ3n) is 12.2. The van der Waals surface area contributed by atoms with Gasteiger partial charge in [-0.25, -0.2) is 0 Å². The number of rotatable bonds is 5. The molecule has 0 amide bonds. The molecule has 0 spiro atoms. The van der Waals surface area contributed by atoms with Crippen molar-refractivity contribution in [2.75, 3.05) is 4.90 Å². The number of nitrogens with zero attached hydrogens (tertiary/aromatic N) is 1. The maximum absolute atomic E-state index is 2.48. The molecule has 8 aromatic carbocycles. The van der Waals surface area contributed by atoms with Gasteiger partial charge in [-0.3, -0.25) is 0 Å². The van der Waals surface area contributed by atoms with Crippen molar-refractivity contribution in [1.29, 1.82) is 0 Å². The predicted molar refractivity (Wildman–Crippen MR) is 233 cm³/mol. The van der Waals surface area contributed by atoms with Crippen molar-refractivity contribution in [1.82, 2.24) is 0 Å². The molecule has 0 saturated carbocycles. The number of benzene rings is 8. The molecule has 2 aliphatic rings. The van der Waals surface area contributed by atoms with E-state index < -0.39 is 0 Å². The third-order valence-corrected chi connectivity index (χ3v) is 13.4. The summed E-state index contributed by atoms with van der Waals surface area (Å²) in [6, 6.07) is 63.2. The molecule has 11 rings (SSSR count).